The van der Waals surface area contributed by atoms with E-state index in [1.54, 1.807) is 0 Å². The minimum Gasteiger partial charge on any atom is -0.376 e. The summed E-state index contributed by atoms with van der Waals surface area (Å²) in [5.41, 5.74) is 5.12. The predicted molar refractivity (Wildman–Crippen MR) is 74.2 cm³/mol. The van der Waals surface area contributed by atoms with E-state index in [0.717, 1.165) is 0 Å². The highest BCUT2D eigenvalue weighted by Gasteiger charge is 2.15. The van der Waals surface area contributed by atoms with Crippen LogP contribution in [0.1, 0.15) is 5.56 Å². The maximum absolute atomic E-state index is 2.18. The number of hydrogen-bond donors (Lipinski definition) is 0. The molecule has 1 aromatic carbocycles. The van der Waals surface area contributed by atoms with E-state index in [2.05, 4.69) is 76.0 Å². The first-order chi connectivity index (χ1) is 7.36. The van der Waals surface area contributed by atoms with Crippen LogP contribution in [0, 0.1) is 6.92 Å². The molecule has 0 heterocycles. The molecule has 1 aromatic rings. The lowest BCUT2D eigenvalue weighted by atomic mass is 10.1. The highest BCUT2D eigenvalue weighted by molar-refractivity contribution is 5.86. The molecule has 3 nitrogen and oxygen atoms in total. The first kappa shape index (κ1) is 12.7. The zero-order valence-corrected chi connectivity index (χ0v) is 11.5. The van der Waals surface area contributed by atoms with Gasteiger partial charge in [0.1, 0.15) is 0 Å². The molecular formula is C13H23N3. The summed E-state index contributed by atoms with van der Waals surface area (Å²) in [6.45, 7) is 2.15. The second-order valence-corrected chi connectivity index (χ2v) is 4.78. The Labute approximate surface area is 99.3 Å². The van der Waals surface area contributed by atoms with Crippen molar-refractivity contribution in [2.75, 3.05) is 57.0 Å². The largest absolute Gasteiger partial charge is 0.376 e. The summed E-state index contributed by atoms with van der Waals surface area (Å²) < 4.78 is 0. The fourth-order valence-electron chi connectivity index (χ4n) is 2.04. The van der Waals surface area contributed by atoms with Crippen LogP contribution in [0.15, 0.2) is 12.1 Å². The van der Waals surface area contributed by atoms with Crippen molar-refractivity contribution in [1.82, 2.24) is 0 Å². The number of hydrogen-bond acceptors (Lipinski definition) is 3. The summed E-state index contributed by atoms with van der Waals surface area (Å²) in [6.07, 6.45) is 0. The van der Waals surface area contributed by atoms with Crippen LogP contribution in [0.3, 0.4) is 0 Å². The van der Waals surface area contributed by atoms with Gasteiger partial charge in [0.2, 0.25) is 0 Å². The maximum Gasteiger partial charge on any atom is 0.0838 e. The third-order valence-electron chi connectivity index (χ3n) is 2.71. The topological polar surface area (TPSA) is 9.72 Å². The molecule has 0 aliphatic carbocycles. The Morgan fingerprint density at radius 2 is 1.19 bits per heavy atom. The third kappa shape index (κ3) is 2.23. The number of aryl methyl sites for hydroxylation is 1. The fourth-order valence-corrected chi connectivity index (χ4v) is 2.04. The Morgan fingerprint density at radius 1 is 0.688 bits per heavy atom. The summed E-state index contributed by atoms with van der Waals surface area (Å²) in [7, 11) is 12.5. The Hall–Kier alpha value is -1.38. The number of rotatable bonds is 3. The van der Waals surface area contributed by atoms with E-state index in [9.17, 15) is 0 Å². The molecule has 0 N–H and O–H groups in total. The Kier molecular flexibility index (Phi) is 3.68. The van der Waals surface area contributed by atoms with Gasteiger partial charge in [-0.25, -0.2) is 0 Å². The van der Waals surface area contributed by atoms with Crippen LogP contribution in [0.5, 0.6) is 0 Å². The molecule has 0 aromatic heterocycles. The lowest BCUT2D eigenvalue weighted by Crippen LogP contribution is -2.21. The van der Waals surface area contributed by atoms with Gasteiger partial charge in [-0.3, -0.25) is 0 Å². The van der Waals surface area contributed by atoms with Crippen LogP contribution in [0.4, 0.5) is 17.1 Å². The lowest BCUT2D eigenvalue weighted by molar-refractivity contribution is 1.04. The van der Waals surface area contributed by atoms with Gasteiger partial charge < -0.3 is 14.7 Å². The molecule has 0 unspecified atom stereocenters. The van der Waals surface area contributed by atoms with Crippen molar-refractivity contribution in [3.05, 3.63) is 17.7 Å². The van der Waals surface area contributed by atoms with E-state index in [1.165, 1.54) is 22.6 Å². The van der Waals surface area contributed by atoms with E-state index in [0.29, 0.717) is 0 Å². The Bertz CT molecular complexity index is 368. The molecule has 0 bridgehead atoms. The second-order valence-electron chi connectivity index (χ2n) is 4.78. The highest BCUT2D eigenvalue weighted by atomic mass is 15.2. The van der Waals surface area contributed by atoms with Gasteiger partial charge in [0.05, 0.1) is 17.1 Å². The molecule has 0 saturated heterocycles. The van der Waals surface area contributed by atoms with Gasteiger partial charge in [-0.1, -0.05) is 6.07 Å². The van der Waals surface area contributed by atoms with Crippen molar-refractivity contribution in [2.45, 2.75) is 6.92 Å². The van der Waals surface area contributed by atoms with Crippen LogP contribution in [0.25, 0.3) is 0 Å². The smallest absolute Gasteiger partial charge is 0.0838 e. The van der Waals surface area contributed by atoms with Crippen molar-refractivity contribution in [3.8, 4) is 0 Å². The first-order valence-electron chi connectivity index (χ1n) is 5.51. The fraction of sp³-hybridized carbons (Fsp3) is 0.538. The third-order valence-corrected chi connectivity index (χ3v) is 2.71. The van der Waals surface area contributed by atoms with Gasteiger partial charge in [-0.2, -0.15) is 0 Å². The van der Waals surface area contributed by atoms with E-state index in [-0.39, 0.29) is 0 Å². The summed E-state index contributed by atoms with van der Waals surface area (Å²) in [6, 6.07) is 4.36. The normalized spacial score (nSPS) is 10.2. The van der Waals surface area contributed by atoms with Gasteiger partial charge in [0.25, 0.3) is 0 Å². The van der Waals surface area contributed by atoms with E-state index >= 15 is 0 Å². The lowest BCUT2D eigenvalue weighted by Gasteiger charge is -2.29. The molecule has 0 aliphatic heterocycles. The Morgan fingerprint density at radius 3 is 1.56 bits per heavy atom. The highest BCUT2D eigenvalue weighted by Crippen LogP contribution is 2.38. The molecule has 90 valence electrons. The molecule has 3 heteroatoms. The zero-order valence-electron chi connectivity index (χ0n) is 11.5. The van der Waals surface area contributed by atoms with Crippen LogP contribution in [-0.2, 0) is 0 Å². The first-order valence-corrected chi connectivity index (χ1v) is 5.51. The molecule has 0 amide bonds. The summed E-state index contributed by atoms with van der Waals surface area (Å²) in [5.74, 6) is 0. The van der Waals surface area contributed by atoms with Gasteiger partial charge in [-0.15, -0.1) is 0 Å². The monoisotopic (exact) mass is 221 g/mol. The second kappa shape index (κ2) is 4.64. The standard InChI is InChI=1S/C13H23N3/c1-10-8-9-11(14(2)3)13(16(6)7)12(10)15(4)5/h8-9H,1-7H3. The quantitative estimate of drug-likeness (QED) is 0.774. The molecule has 0 aliphatic rings. The minimum absolute atomic E-state index is 1.25. The van der Waals surface area contributed by atoms with Crippen LogP contribution in [0.2, 0.25) is 0 Å². The Balaban J connectivity index is 3.50. The zero-order chi connectivity index (χ0) is 12.5. The molecule has 0 spiro atoms. The van der Waals surface area contributed by atoms with Gasteiger partial charge in [0, 0.05) is 42.3 Å². The van der Waals surface area contributed by atoms with Crippen molar-refractivity contribution in [3.63, 3.8) is 0 Å². The number of nitrogens with zero attached hydrogens (tertiary/aromatic N) is 3. The molecule has 0 radical (unpaired) electrons. The predicted octanol–water partition coefficient (Wildman–Crippen LogP) is 2.19. The number of anilines is 3. The SMILES string of the molecule is Cc1ccc(N(C)C)c(N(C)C)c1N(C)C. The van der Waals surface area contributed by atoms with E-state index in [1.807, 2.05) is 0 Å². The van der Waals surface area contributed by atoms with Crippen molar-refractivity contribution in [1.29, 1.82) is 0 Å². The van der Waals surface area contributed by atoms with Crippen molar-refractivity contribution >= 4 is 17.1 Å². The molecule has 0 fully saturated rings. The van der Waals surface area contributed by atoms with Crippen LogP contribution >= 0.6 is 0 Å². The summed E-state index contributed by atoms with van der Waals surface area (Å²) in [5, 5.41) is 0. The molecule has 16 heavy (non-hydrogen) atoms. The number of benzene rings is 1. The van der Waals surface area contributed by atoms with Crippen molar-refractivity contribution < 1.29 is 0 Å². The maximum atomic E-state index is 2.18. The van der Waals surface area contributed by atoms with Crippen molar-refractivity contribution in [2.24, 2.45) is 0 Å². The average molecular weight is 221 g/mol. The average Bonchev–Trinajstić information content (AvgIpc) is 2.15. The molecule has 0 atom stereocenters. The van der Waals surface area contributed by atoms with Gasteiger partial charge >= 0.3 is 0 Å². The van der Waals surface area contributed by atoms with Crippen LogP contribution in [-0.4, -0.2) is 42.3 Å². The molecular weight excluding hydrogens is 198 g/mol. The minimum atomic E-state index is 1.25. The van der Waals surface area contributed by atoms with Gasteiger partial charge in [-0.05, 0) is 18.6 Å². The van der Waals surface area contributed by atoms with Crippen LogP contribution < -0.4 is 14.7 Å². The van der Waals surface area contributed by atoms with E-state index < -0.39 is 0 Å². The van der Waals surface area contributed by atoms with Gasteiger partial charge in [0.15, 0.2) is 0 Å². The van der Waals surface area contributed by atoms with E-state index in [4.69, 9.17) is 0 Å². The molecule has 0 saturated carbocycles. The molecule has 1 rings (SSSR count). The summed E-state index contributed by atoms with van der Waals surface area (Å²) >= 11 is 0. The summed E-state index contributed by atoms with van der Waals surface area (Å²) in [4.78, 5) is 6.51.